The van der Waals surface area contributed by atoms with Crippen molar-refractivity contribution in [1.82, 2.24) is 15.1 Å². The maximum absolute atomic E-state index is 5.76. The Morgan fingerprint density at radius 1 is 1.12 bits per heavy atom. The Morgan fingerprint density at radius 3 is 2.76 bits per heavy atom. The Labute approximate surface area is 147 Å². The van der Waals surface area contributed by atoms with Crippen molar-refractivity contribution in [2.75, 3.05) is 6.61 Å². The van der Waals surface area contributed by atoms with Crippen molar-refractivity contribution in [2.45, 2.75) is 51.9 Å². The molecular weight excluding hydrogens is 314 g/mol. The molecule has 0 radical (unpaired) electrons. The molecule has 1 aromatic carbocycles. The molecule has 0 unspecified atom stereocenters. The molecular formula is C20H23N3O2. The van der Waals surface area contributed by atoms with E-state index in [9.17, 15) is 0 Å². The summed E-state index contributed by atoms with van der Waals surface area (Å²) in [5.41, 5.74) is 2.89. The Balaban J connectivity index is 1.75. The smallest absolute Gasteiger partial charge is 0.230 e. The predicted octanol–water partition coefficient (Wildman–Crippen LogP) is 5.04. The third-order valence-corrected chi connectivity index (χ3v) is 4.86. The van der Waals surface area contributed by atoms with Crippen LogP contribution in [-0.2, 0) is 0 Å². The number of hydrogen-bond donors (Lipinski definition) is 0. The number of rotatable bonds is 4. The van der Waals surface area contributed by atoms with Gasteiger partial charge in [-0.05, 0) is 44.4 Å². The van der Waals surface area contributed by atoms with Gasteiger partial charge < -0.3 is 9.26 Å². The molecule has 0 saturated heterocycles. The quantitative estimate of drug-likeness (QED) is 0.667. The first-order chi connectivity index (χ1) is 12.2. The third kappa shape index (κ3) is 3.23. The van der Waals surface area contributed by atoms with E-state index in [0.29, 0.717) is 24.2 Å². The van der Waals surface area contributed by atoms with E-state index in [1.54, 1.807) is 0 Å². The van der Waals surface area contributed by atoms with Gasteiger partial charge in [0.15, 0.2) is 0 Å². The van der Waals surface area contributed by atoms with Gasteiger partial charge in [0.1, 0.15) is 0 Å². The molecule has 0 spiro atoms. The molecule has 0 aliphatic heterocycles. The first-order valence-corrected chi connectivity index (χ1v) is 9.13. The number of fused-ring (bicyclic) bond motifs is 1. The van der Waals surface area contributed by atoms with Crippen LogP contribution in [0.2, 0.25) is 0 Å². The number of aryl methyl sites for hydroxylation is 1. The lowest BCUT2D eigenvalue weighted by atomic mass is 9.89. The highest BCUT2D eigenvalue weighted by Gasteiger charge is 2.23. The fourth-order valence-corrected chi connectivity index (χ4v) is 3.53. The van der Waals surface area contributed by atoms with Gasteiger partial charge in [-0.2, -0.15) is 4.98 Å². The first-order valence-electron chi connectivity index (χ1n) is 9.13. The van der Waals surface area contributed by atoms with Crippen LogP contribution in [0.25, 0.3) is 22.3 Å². The minimum absolute atomic E-state index is 0.390. The summed E-state index contributed by atoms with van der Waals surface area (Å²) in [4.78, 5) is 9.35. The molecule has 1 aliphatic carbocycles. The van der Waals surface area contributed by atoms with Gasteiger partial charge >= 0.3 is 0 Å². The fraction of sp³-hybridized carbons (Fsp3) is 0.450. The molecule has 3 aromatic rings. The normalized spacial score (nSPS) is 15.6. The topological polar surface area (TPSA) is 61.0 Å². The van der Waals surface area contributed by atoms with Gasteiger partial charge in [-0.1, -0.05) is 36.6 Å². The van der Waals surface area contributed by atoms with Crippen LogP contribution in [0.15, 0.2) is 28.8 Å². The van der Waals surface area contributed by atoms with Crippen molar-refractivity contribution in [3.8, 4) is 17.3 Å². The lowest BCUT2D eigenvalue weighted by molar-refractivity contribution is 0.313. The van der Waals surface area contributed by atoms with Crippen molar-refractivity contribution in [2.24, 2.45) is 0 Å². The van der Waals surface area contributed by atoms with Crippen molar-refractivity contribution in [1.29, 1.82) is 0 Å². The Hall–Kier alpha value is -2.43. The minimum Gasteiger partial charge on any atom is -0.477 e. The molecule has 1 aliphatic rings. The molecule has 5 heteroatoms. The molecule has 1 saturated carbocycles. The Kier molecular flexibility index (Phi) is 4.38. The Bertz CT molecular complexity index is 882. The van der Waals surface area contributed by atoms with Crippen LogP contribution in [0, 0.1) is 6.92 Å². The average molecular weight is 337 g/mol. The molecule has 0 bridgehead atoms. The summed E-state index contributed by atoms with van der Waals surface area (Å²) in [5, 5.41) is 5.27. The number of ether oxygens (including phenoxy) is 1. The number of nitrogens with zero attached hydrogens (tertiary/aromatic N) is 3. The summed E-state index contributed by atoms with van der Waals surface area (Å²) in [5.74, 6) is 2.28. The largest absolute Gasteiger partial charge is 0.477 e. The van der Waals surface area contributed by atoms with Crippen molar-refractivity contribution in [3.63, 3.8) is 0 Å². The van der Waals surface area contributed by atoms with Crippen molar-refractivity contribution in [3.05, 3.63) is 35.7 Å². The van der Waals surface area contributed by atoms with Gasteiger partial charge in [-0.15, -0.1) is 0 Å². The number of hydrogen-bond acceptors (Lipinski definition) is 5. The SMILES string of the molecule is CCOc1nc2cc(C)ccc2cc1-c1noc(C2CCCCC2)n1. The predicted molar refractivity (Wildman–Crippen MR) is 96.8 cm³/mol. The molecule has 2 heterocycles. The summed E-state index contributed by atoms with van der Waals surface area (Å²) < 4.78 is 11.3. The van der Waals surface area contributed by atoms with Crippen molar-refractivity contribution >= 4 is 10.9 Å². The van der Waals surface area contributed by atoms with E-state index in [0.717, 1.165) is 35.2 Å². The summed E-state index contributed by atoms with van der Waals surface area (Å²) in [6.07, 6.45) is 6.05. The van der Waals surface area contributed by atoms with Crippen LogP contribution < -0.4 is 4.74 Å². The fourth-order valence-electron chi connectivity index (χ4n) is 3.53. The van der Waals surface area contributed by atoms with Crippen LogP contribution in [0.5, 0.6) is 5.88 Å². The van der Waals surface area contributed by atoms with Gasteiger partial charge in [0.2, 0.25) is 17.6 Å². The highest BCUT2D eigenvalue weighted by atomic mass is 16.5. The van der Waals surface area contributed by atoms with Crippen LogP contribution in [0.4, 0.5) is 0 Å². The minimum atomic E-state index is 0.390. The van der Waals surface area contributed by atoms with Crippen LogP contribution >= 0.6 is 0 Å². The maximum Gasteiger partial charge on any atom is 0.230 e. The third-order valence-electron chi connectivity index (χ3n) is 4.86. The molecule has 0 N–H and O–H groups in total. The van der Waals surface area contributed by atoms with Gasteiger partial charge in [0.25, 0.3) is 0 Å². The second-order valence-corrected chi connectivity index (χ2v) is 6.76. The molecule has 0 atom stereocenters. The van der Waals surface area contributed by atoms with Crippen LogP contribution in [0.1, 0.15) is 56.4 Å². The van der Waals surface area contributed by atoms with E-state index in [4.69, 9.17) is 9.26 Å². The lowest BCUT2D eigenvalue weighted by Gasteiger charge is -2.17. The maximum atomic E-state index is 5.76. The van der Waals surface area contributed by atoms with E-state index in [1.807, 2.05) is 13.0 Å². The summed E-state index contributed by atoms with van der Waals surface area (Å²) in [6.45, 7) is 4.56. The van der Waals surface area contributed by atoms with E-state index < -0.39 is 0 Å². The van der Waals surface area contributed by atoms with E-state index in [1.165, 1.54) is 24.8 Å². The number of pyridine rings is 1. The Morgan fingerprint density at radius 2 is 1.96 bits per heavy atom. The van der Waals surface area contributed by atoms with Crippen LogP contribution in [0.3, 0.4) is 0 Å². The van der Waals surface area contributed by atoms with Gasteiger partial charge in [0.05, 0.1) is 17.7 Å². The van der Waals surface area contributed by atoms with E-state index >= 15 is 0 Å². The zero-order chi connectivity index (χ0) is 17.2. The average Bonchev–Trinajstić information content (AvgIpc) is 3.12. The van der Waals surface area contributed by atoms with Gasteiger partial charge in [0, 0.05) is 11.3 Å². The first kappa shape index (κ1) is 16.1. The highest BCUT2D eigenvalue weighted by Crippen LogP contribution is 2.35. The van der Waals surface area contributed by atoms with Gasteiger partial charge in [-0.25, -0.2) is 4.98 Å². The number of benzene rings is 1. The molecule has 1 fully saturated rings. The zero-order valence-corrected chi connectivity index (χ0v) is 14.8. The molecule has 2 aromatic heterocycles. The standard InChI is InChI=1S/C20H23N3O2/c1-3-24-20-16(12-15-10-9-13(2)11-17(15)21-20)18-22-19(25-23-18)14-7-5-4-6-8-14/h9-12,14H,3-8H2,1-2H3. The van der Waals surface area contributed by atoms with Crippen molar-refractivity contribution < 1.29 is 9.26 Å². The molecule has 25 heavy (non-hydrogen) atoms. The second kappa shape index (κ2) is 6.82. The molecule has 130 valence electrons. The second-order valence-electron chi connectivity index (χ2n) is 6.76. The summed E-state index contributed by atoms with van der Waals surface area (Å²) in [7, 11) is 0. The van der Waals surface area contributed by atoms with E-state index in [-0.39, 0.29) is 0 Å². The lowest BCUT2D eigenvalue weighted by Crippen LogP contribution is -2.04. The molecule has 4 rings (SSSR count). The van der Waals surface area contributed by atoms with Gasteiger partial charge in [-0.3, -0.25) is 0 Å². The van der Waals surface area contributed by atoms with Crippen LogP contribution in [-0.4, -0.2) is 21.7 Å². The monoisotopic (exact) mass is 337 g/mol. The highest BCUT2D eigenvalue weighted by molar-refractivity contribution is 5.85. The summed E-state index contributed by atoms with van der Waals surface area (Å²) >= 11 is 0. The zero-order valence-electron chi connectivity index (χ0n) is 14.8. The molecule has 0 amide bonds. The summed E-state index contributed by atoms with van der Waals surface area (Å²) in [6, 6.07) is 8.25. The van der Waals surface area contributed by atoms with E-state index in [2.05, 4.69) is 40.2 Å². The number of aromatic nitrogens is 3. The molecule has 5 nitrogen and oxygen atoms in total.